The maximum absolute atomic E-state index is 6.15. The van der Waals surface area contributed by atoms with Crippen LogP contribution in [0.3, 0.4) is 0 Å². The van der Waals surface area contributed by atoms with E-state index in [9.17, 15) is 0 Å². The van der Waals surface area contributed by atoms with E-state index in [0.717, 1.165) is 54.3 Å². The Balaban J connectivity index is 1.59. The van der Waals surface area contributed by atoms with Crippen LogP contribution < -0.4 is 14.8 Å². The second-order valence-electron chi connectivity index (χ2n) is 9.33. The first-order valence-corrected chi connectivity index (χ1v) is 12.3. The molecule has 0 saturated heterocycles. The van der Waals surface area contributed by atoms with E-state index < -0.39 is 0 Å². The van der Waals surface area contributed by atoms with Crippen LogP contribution >= 0.6 is 0 Å². The number of ether oxygens (including phenoxy) is 2. The summed E-state index contributed by atoms with van der Waals surface area (Å²) in [5, 5.41) is 3.48. The standard InChI is InChI=1S/C30H39NO2/c1-7-29(5,8-2)23-11-13-24(14-12-23)31-25-15-17-26(18-16-25)32-27-19-21-28(22-20-27)33-30(6,9-3)10-4/h11-22,31H,7-10H2,1-6H3. The predicted octanol–water partition coefficient (Wildman–Crippen LogP) is 9.26. The van der Waals surface area contributed by atoms with Crippen LogP contribution in [-0.4, -0.2) is 5.60 Å². The Morgan fingerprint density at radius 3 is 1.45 bits per heavy atom. The summed E-state index contributed by atoms with van der Waals surface area (Å²) in [6.45, 7) is 13.3. The fourth-order valence-corrected chi connectivity index (χ4v) is 3.78. The number of rotatable bonds is 11. The molecule has 176 valence electrons. The van der Waals surface area contributed by atoms with E-state index in [-0.39, 0.29) is 11.0 Å². The summed E-state index contributed by atoms with van der Waals surface area (Å²) in [6, 6.07) is 24.7. The van der Waals surface area contributed by atoms with Crippen molar-refractivity contribution in [2.45, 2.75) is 78.2 Å². The van der Waals surface area contributed by atoms with Gasteiger partial charge >= 0.3 is 0 Å². The predicted molar refractivity (Wildman–Crippen MR) is 140 cm³/mol. The molecule has 3 nitrogen and oxygen atoms in total. The SMILES string of the molecule is CCC(C)(CC)Oc1ccc(Oc2ccc(Nc3ccc(C(C)(CC)CC)cc3)cc2)cc1. The zero-order chi connectivity index (χ0) is 23.9. The highest BCUT2D eigenvalue weighted by Gasteiger charge is 2.22. The lowest BCUT2D eigenvalue weighted by Gasteiger charge is -2.28. The molecular weight excluding hydrogens is 406 g/mol. The molecule has 3 aromatic rings. The average Bonchev–Trinajstić information content (AvgIpc) is 2.86. The maximum Gasteiger partial charge on any atom is 0.127 e. The molecule has 0 bridgehead atoms. The van der Waals surface area contributed by atoms with Crippen molar-refractivity contribution in [2.75, 3.05) is 5.32 Å². The van der Waals surface area contributed by atoms with Crippen LogP contribution in [0.5, 0.6) is 17.2 Å². The van der Waals surface area contributed by atoms with Gasteiger partial charge in [0, 0.05) is 11.4 Å². The van der Waals surface area contributed by atoms with Crippen LogP contribution in [0.25, 0.3) is 0 Å². The topological polar surface area (TPSA) is 30.5 Å². The number of anilines is 2. The molecule has 0 aliphatic heterocycles. The normalized spacial score (nSPS) is 11.8. The van der Waals surface area contributed by atoms with Gasteiger partial charge in [0.1, 0.15) is 22.8 Å². The molecule has 0 atom stereocenters. The van der Waals surface area contributed by atoms with Crippen molar-refractivity contribution in [3.63, 3.8) is 0 Å². The molecule has 1 N–H and O–H groups in total. The van der Waals surface area contributed by atoms with Gasteiger partial charge in [0.15, 0.2) is 0 Å². The summed E-state index contributed by atoms with van der Waals surface area (Å²) < 4.78 is 12.2. The second kappa shape index (κ2) is 10.8. The largest absolute Gasteiger partial charge is 0.488 e. The smallest absolute Gasteiger partial charge is 0.127 e. The van der Waals surface area contributed by atoms with E-state index in [1.807, 2.05) is 48.5 Å². The minimum Gasteiger partial charge on any atom is -0.488 e. The van der Waals surface area contributed by atoms with Gasteiger partial charge in [0.25, 0.3) is 0 Å². The molecule has 0 radical (unpaired) electrons. The Labute approximate surface area is 200 Å². The minimum atomic E-state index is -0.128. The Kier molecular flexibility index (Phi) is 8.07. The molecule has 0 aromatic heterocycles. The van der Waals surface area contributed by atoms with Crippen molar-refractivity contribution >= 4 is 11.4 Å². The highest BCUT2D eigenvalue weighted by Crippen LogP contribution is 2.32. The Hall–Kier alpha value is -2.94. The summed E-state index contributed by atoms with van der Waals surface area (Å²) in [5.74, 6) is 2.47. The zero-order valence-electron chi connectivity index (χ0n) is 21.1. The summed E-state index contributed by atoms with van der Waals surface area (Å²) in [5.41, 5.74) is 3.63. The van der Waals surface area contributed by atoms with E-state index in [2.05, 4.69) is 71.1 Å². The van der Waals surface area contributed by atoms with E-state index >= 15 is 0 Å². The lowest BCUT2D eigenvalue weighted by atomic mass is 9.78. The highest BCUT2D eigenvalue weighted by molar-refractivity contribution is 5.61. The Bertz CT molecular complexity index is 983. The van der Waals surface area contributed by atoms with Gasteiger partial charge in [0.05, 0.1) is 0 Å². The van der Waals surface area contributed by atoms with Crippen molar-refractivity contribution in [3.8, 4) is 17.2 Å². The molecule has 0 heterocycles. The number of benzene rings is 3. The minimum absolute atomic E-state index is 0.128. The number of nitrogens with one attached hydrogen (secondary N) is 1. The van der Waals surface area contributed by atoms with Crippen molar-refractivity contribution in [3.05, 3.63) is 78.4 Å². The summed E-state index contributed by atoms with van der Waals surface area (Å²) in [7, 11) is 0. The van der Waals surface area contributed by atoms with Crippen molar-refractivity contribution in [1.82, 2.24) is 0 Å². The van der Waals surface area contributed by atoms with Crippen LogP contribution in [0.1, 0.15) is 72.8 Å². The van der Waals surface area contributed by atoms with Crippen LogP contribution in [0.15, 0.2) is 72.8 Å². The molecule has 3 aromatic carbocycles. The van der Waals surface area contributed by atoms with Gasteiger partial charge in [-0.2, -0.15) is 0 Å². The van der Waals surface area contributed by atoms with Gasteiger partial charge in [-0.25, -0.2) is 0 Å². The van der Waals surface area contributed by atoms with Crippen LogP contribution in [0.4, 0.5) is 11.4 Å². The monoisotopic (exact) mass is 445 g/mol. The molecule has 0 saturated carbocycles. The van der Waals surface area contributed by atoms with Gasteiger partial charge in [-0.3, -0.25) is 0 Å². The molecule has 3 rings (SSSR count). The molecule has 3 heteroatoms. The lowest BCUT2D eigenvalue weighted by Crippen LogP contribution is -2.30. The third kappa shape index (κ3) is 6.31. The molecule has 0 aliphatic carbocycles. The molecule has 0 amide bonds. The molecule has 33 heavy (non-hydrogen) atoms. The van der Waals surface area contributed by atoms with Crippen molar-refractivity contribution in [2.24, 2.45) is 0 Å². The summed E-state index contributed by atoms with van der Waals surface area (Å²) in [6.07, 6.45) is 4.24. The van der Waals surface area contributed by atoms with Gasteiger partial charge in [-0.1, -0.05) is 46.8 Å². The first-order chi connectivity index (χ1) is 15.8. The zero-order valence-corrected chi connectivity index (χ0v) is 21.1. The molecule has 0 unspecified atom stereocenters. The summed E-state index contributed by atoms with van der Waals surface area (Å²) >= 11 is 0. The Morgan fingerprint density at radius 2 is 1.00 bits per heavy atom. The fraction of sp³-hybridized carbons (Fsp3) is 0.400. The fourth-order valence-electron chi connectivity index (χ4n) is 3.78. The van der Waals surface area contributed by atoms with Gasteiger partial charge in [0.2, 0.25) is 0 Å². The first kappa shape index (κ1) is 24.7. The van der Waals surface area contributed by atoms with Crippen LogP contribution in [0, 0.1) is 0 Å². The molecule has 0 aliphatic rings. The van der Waals surface area contributed by atoms with Crippen LogP contribution in [0.2, 0.25) is 0 Å². The lowest BCUT2D eigenvalue weighted by molar-refractivity contribution is 0.0802. The number of hydrogen-bond donors (Lipinski definition) is 1. The second-order valence-corrected chi connectivity index (χ2v) is 9.33. The third-order valence-corrected chi connectivity index (χ3v) is 7.20. The molecule has 0 spiro atoms. The van der Waals surface area contributed by atoms with Gasteiger partial charge in [-0.05, 0) is 104 Å². The van der Waals surface area contributed by atoms with E-state index in [4.69, 9.17) is 9.47 Å². The highest BCUT2D eigenvalue weighted by atomic mass is 16.5. The summed E-state index contributed by atoms with van der Waals surface area (Å²) in [4.78, 5) is 0. The van der Waals surface area contributed by atoms with Crippen LogP contribution in [-0.2, 0) is 5.41 Å². The first-order valence-electron chi connectivity index (χ1n) is 12.3. The van der Waals surface area contributed by atoms with Crippen molar-refractivity contribution in [1.29, 1.82) is 0 Å². The Morgan fingerprint density at radius 1 is 0.576 bits per heavy atom. The molecular formula is C30H39NO2. The third-order valence-electron chi connectivity index (χ3n) is 7.20. The van der Waals surface area contributed by atoms with Crippen molar-refractivity contribution < 1.29 is 9.47 Å². The van der Waals surface area contributed by atoms with Gasteiger partial charge < -0.3 is 14.8 Å². The number of hydrogen-bond acceptors (Lipinski definition) is 3. The molecule has 0 fully saturated rings. The van der Waals surface area contributed by atoms with E-state index in [1.165, 1.54) is 5.56 Å². The van der Waals surface area contributed by atoms with Gasteiger partial charge in [-0.15, -0.1) is 0 Å². The quantitative estimate of drug-likeness (QED) is 0.319. The van der Waals surface area contributed by atoms with E-state index in [1.54, 1.807) is 0 Å². The average molecular weight is 446 g/mol. The maximum atomic E-state index is 6.15. The van der Waals surface area contributed by atoms with E-state index in [0.29, 0.717) is 0 Å².